The number of para-hydroxylation sites is 1. The maximum absolute atomic E-state index is 14.2. The van der Waals surface area contributed by atoms with Gasteiger partial charge in [-0.1, -0.05) is 30.3 Å². The third kappa shape index (κ3) is 4.64. The average molecular weight is 410 g/mol. The molecule has 3 aromatic rings. The van der Waals surface area contributed by atoms with Crippen molar-refractivity contribution in [2.75, 3.05) is 38.5 Å². The smallest absolute Gasteiger partial charge is 0.257 e. The molecule has 0 aliphatic rings. The molecule has 6 heteroatoms. The Morgan fingerprint density at radius 1 is 0.862 bits per heavy atom. The highest BCUT2D eigenvalue weighted by Gasteiger charge is 2.37. The van der Waals surface area contributed by atoms with Crippen molar-refractivity contribution in [1.29, 1.82) is 0 Å². The molecule has 0 radical (unpaired) electrons. The van der Waals surface area contributed by atoms with E-state index in [-0.39, 0.29) is 0 Å². The van der Waals surface area contributed by atoms with Gasteiger partial charge in [-0.3, -0.25) is 4.57 Å². The second-order valence-corrected chi connectivity index (χ2v) is 9.47. The van der Waals surface area contributed by atoms with Gasteiger partial charge >= 0.3 is 0 Å². The van der Waals surface area contributed by atoms with Gasteiger partial charge in [-0.15, -0.1) is 0 Å². The van der Waals surface area contributed by atoms with Gasteiger partial charge in [0.1, 0.15) is 11.5 Å². The highest BCUT2D eigenvalue weighted by molar-refractivity contribution is 7.67. The third-order valence-corrected chi connectivity index (χ3v) is 7.51. The summed E-state index contributed by atoms with van der Waals surface area (Å²) in [5, 5.41) is 4.08. The molecule has 0 spiro atoms. The van der Waals surface area contributed by atoms with Crippen molar-refractivity contribution in [3.8, 4) is 5.75 Å². The van der Waals surface area contributed by atoms with Crippen molar-refractivity contribution in [1.82, 2.24) is 0 Å². The lowest BCUT2D eigenvalue weighted by Gasteiger charge is -2.29. The second kappa shape index (κ2) is 9.17. The number of ether oxygens (including phenoxy) is 1. The van der Waals surface area contributed by atoms with Crippen LogP contribution in [0.15, 0.2) is 78.9 Å². The molecule has 0 unspecified atom stereocenters. The monoisotopic (exact) mass is 410 g/mol. The van der Waals surface area contributed by atoms with E-state index in [2.05, 4.69) is 5.32 Å². The maximum atomic E-state index is 14.2. The third-order valence-electron chi connectivity index (χ3n) is 4.85. The van der Waals surface area contributed by atoms with Crippen molar-refractivity contribution in [3.63, 3.8) is 0 Å². The Balaban J connectivity index is 2.06. The van der Waals surface area contributed by atoms with E-state index in [1.807, 2.05) is 97.9 Å². The Kier molecular flexibility index (Phi) is 6.63. The lowest BCUT2D eigenvalue weighted by atomic mass is 10.2. The first kappa shape index (κ1) is 21.0. The Morgan fingerprint density at radius 3 is 2.00 bits per heavy atom. The molecule has 152 valence electrons. The van der Waals surface area contributed by atoms with Gasteiger partial charge in [-0.25, -0.2) is 0 Å². The van der Waals surface area contributed by atoms with Crippen molar-refractivity contribution < 1.29 is 13.8 Å². The number of nitrogens with zero attached hydrogens (tertiary/aromatic N) is 1. The number of nitrogens with one attached hydrogen (secondary N) is 1. The van der Waals surface area contributed by atoms with Crippen LogP contribution in [-0.2, 0) is 9.09 Å². The van der Waals surface area contributed by atoms with Crippen LogP contribution in [-0.4, -0.2) is 28.3 Å². The van der Waals surface area contributed by atoms with E-state index >= 15 is 0 Å². The second-order valence-electron chi connectivity index (χ2n) is 6.88. The minimum absolute atomic E-state index is 0.550. The lowest BCUT2D eigenvalue weighted by Crippen LogP contribution is -2.20. The standard InChI is InChI=1S/C23H27N2O3P/c1-25(2)20-12-16-22(17-13-20)29(26,28-4)23(24-19-8-6-5-7-9-19)18-10-14-21(27-3)15-11-18/h5-17,23-24H,1-4H3/t23-,29-/m0/s1. The average Bonchev–Trinajstić information content (AvgIpc) is 2.78. The topological polar surface area (TPSA) is 50.8 Å². The lowest BCUT2D eigenvalue weighted by molar-refractivity contribution is 0.396. The van der Waals surface area contributed by atoms with Crippen LogP contribution in [0.1, 0.15) is 11.3 Å². The molecule has 3 rings (SSSR count). The van der Waals surface area contributed by atoms with Crippen LogP contribution in [0.4, 0.5) is 11.4 Å². The minimum atomic E-state index is -3.29. The van der Waals surface area contributed by atoms with Crippen LogP contribution < -0.4 is 20.3 Å². The quantitative estimate of drug-likeness (QED) is 0.522. The van der Waals surface area contributed by atoms with E-state index in [1.54, 1.807) is 7.11 Å². The Labute approximate surface area is 172 Å². The number of rotatable bonds is 8. The van der Waals surface area contributed by atoms with Gasteiger partial charge in [0.2, 0.25) is 0 Å². The number of hydrogen-bond acceptors (Lipinski definition) is 5. The zero-order valence-electron chi connectivity index (χ0n) is 17.2. The summed E-state index contributed by atoms with van der Waals surface area (Å²) in [7, 11) is 3.78. The van der Waals surface area contributed by atoms with Gasteiger partial charge in [0.25, 0.3) is 7.37 Å². The largest absolute Gasteiger partial charge is 0.497 e. The summed E-state index contributed by atoms with van der Waals surface area (Å²) in [6, 6.07) is 25.0. The van der Waals surface area contributed by atoms with Gasteiger partial charge in [0.15, 0.2) is 0 Å². The van der Waals surface area contributed by atoms with Crippen molar-refractivity contribution in [3.05, 3.63) is 84.4 Å². The van der Waals surface area contributed by atoms with Crippen LogP contribution in [0.5, 0.6) is 5.75 Å². The normalized spacial score (nSPS) is 13.9. The molecule has 0 amide bonds. The summed E-state index contributed by atoms with van der Waals surface area (Å²) in [5.41, 5.74) is 2.76. The highest BCUT2D eigenvalue weighted by Crippen LogP contribution is 2.58. The Morgan fingerprint density at radius 2 is 1.48 bits per heavy atom. The van der Waals surface area contributed by atoms with E-state index in [9.17, 15) is 4.57 Å². The van der Waals surface area contributed by atoms with Crippen LogP contribution in [0.25, 0.3) is 0 Å². The molecule has 29 heavy (non-hydrogen) atoms. The van der Waals surface area contributed by atoms with Crippen LogP contribution in [0.3, 0.4) is 0 Å². The highest BCUT2D eigenvalue weighted by atomic mass is 31.2. The van der Waals surface area contributed by atoms with E-state index in [4.69, 9.17) is 9.26 Å². The van der Waals surface area contributed by atoms with Gasteiger partial charge in [-0.05, 0) is 54.1 Å². The van der Waals surface area contributed by atoms with E-state index in [1.165, 1.54) is 7.11 Å². The zero-order valence-corrected chi connectivity index (χ0v) is 18.1. The van der Waals surface area contributed by atoms with Gasteiger partial charge in [0, 0.05) is 37.9 Å². The van der Waals surface area contributed by atoms with Gasteiger partial charge < -0.3 is 19.5 Å². The van der Waals surface area contributed by atoms with Crippen LogP contribution in [0.2, 0.25) is 0 Å². The zero-order chi connectivity index (χ0) is 20.9. The number of anilines is 2. The Bertz CT molecular complexity index is 958. The molecule has 1 N–H and O–H groups in total. The summed E-state index contributed by atoms with van der Waals surface area (Å²) in [5.74, 6) is 0.195. The summed E-state index contributed by atoms with van der Waals surface area (Å²) in [6.07, 6.45) is 0. The molecule has 5 nitrogen and oxygen atoms in total. The summed E-state index contributed by atoms with van der Waals surface area (Å²) in [4.78, 5) is 2.00. The van der Waals surface area contributed by atoms with Crippen LogP contribution in [0, 0.1) is 0 Å². The molecule has 2 atom stereocenters. The van der Waals surface area contributed by atoms with Crippen molar-refractivity contribution in [2.45, 2.75) is 5.78 Å². The SMILES string of the molecule is COc1ccc([C@@H](Nc2ccccc2)[P@@](=O)(OC)c2ccc(N(C)C)cc2)cc1. The summed E-state index contributed by atoms with van der Waals surface area (Å²) >= 11 is 0. The minimum Gasteiger partial charge on any atom is -0.497 e. The fourth-order valence-electron chi connectivity index (χ4n) is 3.16. The first-order valence-electron chi connectivity index (χ1n) is 9.37. The fourth-order valence-corrected chi connectivity index (χ4v) is 5.33. The number of benzene rings is 3. The Hall–Kier alpha value is -2.75. The molecule has 3 aromatic carbocycles. The predicted octanol–water partition coefficient (Wildman–Crippen LogP) is 5.12. The summed E-state index contributed by atoms with van der Waals surface area (Å²) < 4.78 is 25.2. The van der Waals surface area contributed by atoms with Crippen molar-refractivity contribution in [2.24, 2.45) is 0 Å². The molecule has 0 saturated heterocycles. The number of methoxy groups -OCH3 is 1. The fraction of sp³-hybridized carbons (Fsp3) is 0.217. The molecule has 0 bridgehead atoms. The van der Waals surface area contributed by atoms with Gasteiger partial charge in [0.05, 0.1) is 7.11 Å². The molecular formula is C23H27N2O3P. The summed E-state index contributed by atoms with van der Waals surface area (Å²) in [6.45, 7) is 0. The van der Waals surface area contributed by atoms with Gasteiger partial charge in [-0.2, -0.15) is 0 Å². The van der Waals surface area contributed by atoms with Crippen LogP contribution >= 0.6 is 7.37 Å². The molecule has 0 aromatic heterocycles. The molecule has 0 aliphatic heterocycles. The predicted molar refractivity (Wildman–Crippen MR) is 121 cm³/mol. The molecule has 0 saturated carbocycles. The molecular weight excluding hydrogens is 383 g/mol. The van der Waals surface area contributed by atoms with E-state index in [0.717, 1.165) is 22.7 Å². The molecule has 0 aliphatic carbocycles. The first-order chi connectivity index (χ1) is 14.0. The van der Waals surface area contributed by atoms with E-state index < -0.39 is 13.2 Å². The van der Waals surface area contributed by atoms with E-state index in [0.29, 0.717) is 5.30 Å². The molecule has 0 fully saturated rings. The number of hydrogen-bond donors (Lipinski definition) is 1. The molecule has 0 heterocycles. The maximum Gasteiger partial charge on any atom is 0.257 e. The van der Waals surface area contributed by atoms with Crippen molar-refractivity contribution >= 4 is 24.0 Å². The first-order valence-corrected chi connectivity index (χ1v) is 11.1.